The van der Waals surface area contributed by atoms with Crippen LogP contribution in [-0.2, 0) is 6.54 Å². The number of benzene rings is 2. The Hall–Kier alpha value is -2.83. The van der Waals surface area contributed by atoms with Crippen molar-refractivity contribution in [2.45, 2.75) is 6.54 Å². The predicted octanol–water partition coefficient (Wildman–Crippen LogP) is 2.92. The number of hydrogen-bond acceptors (Lipinski definition) is 4. The van der Waals surface area contributed by atoms with Gasteiger partial charge in [-0.05, 0) is 29.8 Å². The molecule has 7 heteroatoms. The first kappa shape index (κ1) is 17.5. The highest BCUT2D eigenvalue weighted by Gasteiger charge is 2.15. The highest BCUT2D eigenvalue weighted by Crippen LogP contribution is 2.38. The SMILES string of the molecule is COc1cc(CNC(=O)c2ccc(F)cc2F)cc(OC)c1OC. The number of amides is 1. The summed E-state index contributed by atoms with van der Waals surface area (Å²) in [6, 6.07) is 6.12. The Morgan fingerprint density at radius 3 is 2.12 bits per heavy atom. The third kappa shape index (κ3) is 3.73. The first-order valence-corrected chi connectivity index (χ1v) is 7.02. The van der Waals surface area contributed by atoms with Gasteiger partial charge >= 0.3 is 0 Å². The first-order chi connectivity index (χ1) is 11.5. The van der Waals surface area contributed by atoms with E-state index in [1.165, 1.54) is 21.3 Å². The third-order valence-corrected chi connectivity index (χ3v) is 3.35. The molecule has 0 aliphatic rings. The summed E-state index contributed by atoms with van der Waals surface area (Å²) in [5.41, 5.74) is 0.434. The summed E-state index contributed by atoms with van der Waals surface area (Å²) in [5, 5.41) is 2.56. The fraction of sp³-hybridized carbons (Fsp3) is 0.235. The van der Waals surface area contributed by atoms with E-state index in [4.69, 9.17) is 14.2 Å². The molecule has 0 atom stereocenters. The maximum atomic E-state index is 13.6. The van der Waals surface area contributed by atoms with Gasteiger partial charge in [0, 0.05) is 12.6 Å². The summed E-state index contributed by atoms with van der Waals surface area (Å²) in [6.45, 7) is 0.104. The average molecular weight is 337 g/mol. The Bertz CT molecular complexity index is 724. The largest absolute Gasteiger partial charge is 0.493 e. The topological polar surface area (TPSA) is 56.8 Å². The molecular weight excluding hydrogens is 320 g/mol. The standard InChI is InChI=1S/C17H17F2NO4/c1-22-14-6-10(7-15(23-2)16(14)24-3)9-20-17(21)12-5-4-11(18)8-13(12)19/h4-8H,9H2,1-3H3,(H,20,21). The van der Waals surface area contributed by atoms with Crippen LogP contribution in [0.1, 0.15) is 15.9 Å². The van der Waals surface area contributed by atoms with Gasteiger partial charge < -0.3 is 19.5 Å². The third-order valence-electron chi connectivity index (χ3n) is 3.35. The monoisotopic (exact) mass is 337 g/mol. The van der Waals surface area contributed by atoms with E-state index in [1.54, 1.807) is 12.1 Å². The fourth-order valence-electron chi connectivity index (χ4n) is 2.19. The maximum Gasteiger partial charge on any atom is 0.254 e. The van der Waals surface area contributed by atoms with E-state index in [9.17, 15) is 13.6 Å². The summed E-state index contributed by atoms with van der Waals surface area (Å²) in [7, 11) is 4.44. The van der Waals surface area contributed by atoms with E-state index in [0.717, 1.165) is 12.1 Å². The van der Waals surface area contributed by atoms with Crippen LogP contribution >= 0.6 is 0 Å². The molecule has 0 fully saturated rings. The van der Waals surface area contributed by atoms with Crippen molar-refractivity contribution in [3.05, 3.63) is 53.1 Å². The molecule has 5 nitrogen and oxygen atoms in total. The van der Waals surface area contributed by atoms with Gasteiger partial charge in [0.05, 0.1) is 26.9 Å². The lowest BCUT2D eigenvalue weighted by atomic mass is 10.1. The molecule has 0 aliphatic heterocycles. The zero-order valence-electron chi connectivity index (χ0n) is 13.5. The Morgan fingerprint density at radius 2 is 1.62 bits per heavy atom. The Labute approximate surface area is 138 Å². The summed E-state index contributed by atoms with van der Waals surface area (Å²) >= 11 is 0. The Balaban J connectivity index is 2.18. The summed E-state index contributed by atoms with van der Waals surface area (Å²) in [5.74, 6) is -1.00. The molecule has 0 aromatic heterocycles. The molecule has 128 valence electrons. The van der Waals surface area contributed by atoms with Crippen molar-refractivity contribution in [2.75, 3.05) is 21.3 Å². The molecule has 0 saturated carbocycles. The van der Waals surface area contributed by atoms with Crippen LogP contribution in [0.25, 0.3) is 0 Å². The molecule has 1 N–H and O–H groups in total. The fourth-order valence-corrected chi connectivity index (χ4v) is 2.19. The van der Waals surface area contributed by atoms with Crippen molar-refractivity contribution in [3.8, 4) is 17.2 Å². The maximum absolute atomic E-state index is 13.6. The minimum absolute atomic E-state index is 0.104. The second-order valence-electron chi connectivity index (χ2n) is 4.84. The summed E-state index contributed by atoms with van der Waals surface area (Å²) in [6.07, 6.45) is 0. The van der Waals surface area contributed by atoms with Crippen LogP contribution in [0.4, 0.5) is 8.78 Å². The van der Waals surface area contributed by atoms with Gasteiger partial charge in [-0.3, -0.25) is 4.79 Å². The van der Waals surface area contributed by atoms with Crippen molar-refractivity contribution in [2.24, 2.45) is 0 Å². The van der Waals surface area contributed by atoms with E-state index in [2.05, 4.69) is 5.32 Å². The highest BCUT2D eigenvalue weighted by molar-refractivity contribution is 5.94. The minimum Gasteiger partial charge on any atom is -0.493 e. The van der Waals surface area contributed by atoms with Gasteiger partial charge in [0.25, 0.3) is 5.91 Å². The second-order valence-corrected chi connectivity index (χ2v) is 4.84. The summed E-state index contributed by atoms with van der Waals surface area (Å²) < 4.78 is 42.2. The van der Waals surface area contributed by atoms with E-state index < -0.39 is 17.5 Å². The highest BCUT2D eigenvalue weighted by atomic mass is 19.1. The van der Waals surface area contributed by atoms with Gasteiger partial charge in [-0.1, -0.05) is 0 Å². The smallest absolute Gasteiger partial charge is 0.254 e. The Kier molecular flexibility index (Phi) is 5.57. The molecule has 1 amide bonds. The van der Waals surface area contributed by atoms with E-state index in [0.29, 0.717) is 28.9 Å². The molecule has 0 aliphatic carbocycles. The Morgan fingerprint density at radius 1 is 1.00 bits per heavy atom. The number of rotatable bonds is 6. The quantitative estimate of drug-likeness (QED) is 0.881. The summed E-state index contributed by atoms with van der Waals surface area (Å²) in [4.78, 5) is 12.0. The minimum atomic E-state index is -0.919. The number of ether oxygens (including phenoxy) is 3. The number of methoxy groups -OCH3 is 3. The molecule has 0 radical (unpaired) electrons. The van der Waals surface area contributed by atoms with Gasteiger partial charge in [0.2, 0.25) is 5.75 Å². The molecule has 0 bridgehead atoms. The normalized spacial score (nSPS) is 10.2. The van der Waals surface area contributed by atoms with Gasteiger partial charge in [0.1, 0.15) is 11.6 Å². The number of nitrogens with one attached hydrogen (secondary N) is 1. The van der Waals surface area contributed by atoms with E-state index in [-0.39, 0.29) is 12.1 Å². The lowest BCUT2D eigenvalue weighted by molar-refractivity contribution is 0.0946. The number of carbonyl (C=O) groups excluding carboxylic acids is 1. The van der Waals surface area contributed by atoms with Gasteiger partial charge in [-0.2, -0.15) is 0 Å². The molecule has 0 unspecified atom stereocenters. The van der Waals surface area contributed by atoms with Crippen LogP contribution in [0.5, 0.6) is 17.2 Å². The van der Waals surface area contributed by atoms with Gasteiger partial charge in [-0.25, -0.2) is 8.78 Å². The first-order valence-electron chi connectivity index (χ1n) is 7.02. The molecule has 2 rings (SSSR count). The van der Waals surface area contributed by atoms with Crippen LogP contribution in [-0.4, -0.2) is 27.2 Å². The van der Waals surface area contributed by atoms with Crippen molar-refractivity contribution in [3.63, 3.8) is 0 Å². The van der Waals surface area contributed by atoms with Crippen LogP contribution < -0.4 is 19.5 Å². The lowest BCUT2D eigenvalue weighted by Crippen LogP contribution is -2.24. The van der Waals surface area contributed by atoms with Crippen LogP contribution in [0.2, 0.25) is 0 Å². The molecule has 2 aromatic carbocycles. The average Bonchev–Trinajstić information content (AvgIpc) is 2.58. The molecule has 24 heavy (non-hydrogen) atoms. The predicted molar refractivity (Wildman–Crippen MR) is 83.6 cm³/mol. The number of hydrogen-bond donors (Lipinski definition) is 1. The second kappa shape index (κ2) is 7.63. The van der Waals surface area contributed by atoms with E-state index in [1.807, 2.05) is 0 Å². The zero-order chi connectivity index (χ0) is 17.7. The van der Waals surface area contributed by atoms with Crippen LogP contribution in [0.3, 0.4) is 0 Å². The van der Waals surface area contributed by atoms with Crippen LogP contribution in [0, 0.1) is 11.6 Å². The van der Waals surface area contributed by atoms with Crippen molar-refractivity contribution in [1.29, 1.82) is 0 Å². The molecular formula is C17H17F2NO4. The molecule has 2 aromatic rings. The van der Waals surface area contributed by atoms with Crippen molar-refractivity contribution < 1.29 is 27.8 Å². The van der Waals surface area contributed by atoms with Crippen LogP contribution in [0.15, 0.2) is 30.3 Å². The number of halogens is 2. The lowest BCUT2D eigenvalue weighted by Gasteiger charge is -2.14. The molecule has 0 spiro atoms. The molecule has 0 saturated heterocycles. The van der Waals surface area contributed by atoms with E-state index >= 15 is 0 Å². The van der Waals surface area contributed by atoms with Crippen molar-refractivity contribution >= 4 is 5.91 Å². The van der Waals surface area contributed by atoms with Crippen molar-refractivity contribution in [1.82, 2.24) is 5.32 Å². The van der Waals surface area contributed by atoms with Gasteiger partial charge in [-0.15, -0.1) is 0 Å². The zero-order valence-corrected chi connectivity index (χ0v) is 13.5. The van der Waals surface area contributed by atoms with Gasteiger partial charge in [0.15, 0.2) is 11.5 Å². The molecule has 0 heterocycles. The number of carbonyl (C=O) groups is 1.